The van der Waals surface area contributed by atoms with Crippen LogP contribution in [0.5, 0.6) is 0 Å². The molecule has 20 heavy (non-hydrogen) atoms. The quantitative estimate of drug-likeness (QED) is 0.782. The standard InChI is InChI=1S/C17H18BrClO/c1-11(2)9-12-3-5-13(6-4-12)17(20)15-8-7-14(19)10-16(15)18/h3-8,10-11,17,20H,9H2,1-2H3. The predicted octanol–water partition coefficient (Wildman–Crippen LogP) is 5.38. The van der Waals surface area contributed by atoms with Crippen LogP contribution < -0.4 is 0 Å². The van der Waals surface area contributed by atoms with Crippen molar-refractivity contribution in [1.82, 2.24) is 0 Å². The maximum atomic E-state index is 10.5. The molecule has 0 saturated heterocycles. The van der Waals surface area contributed by atoms with Gasteiger partial charge in [0.15, 0.2) is 0 Å². The first-order valence-electron chi connectivity index (χ1n) is 6.69. The van der Waals surface area contributed by atoms with Crippen LogP contribution in [-0.2, 0) is 6.42 Å². The largest absolute Gasteiger partial charge is 0.384 e. The maximum absolute atomic E-state index is 10.5. The molecule has 3 heteroatoms. The molecular weight excluding hydrogens is 336 g/mol. The second-order valence-corrected chi connectivity index (χ2v) is 6.70. The lowest BCUT2D eigenvalue weighted by Gasteiger charge is -2.14. The highest BCUT2D eigenvalue weighted by Crippen LogP contribution is 2.30. The van der Waals surface area contributed by atoms with Crippen LogP contribution in [0.25, 0.3) is 0 Å². The minimum absolute atomic E-state index is 0.635. The van der Waals surface area contributed by atoms with Crippen LogP contribution in [0, 0.1) is 5.92 Å². The maximum Gasteiger partial charge on any atom is 0.105 e. The smallest absolute Gasteiger partial charge is 0.105 e. The molecule has 2 rings (SSSR count). The normalized spacial score (nSPS) is 12.7. The molecule has 1 nitrogen and oxygen atoms in total. The molecule has 0 aliphatic rings. The zero-order chi connectivity index (χ0) is 14.7. The Morgan fingerprint density at radius 2 is 1.75 bits per heavy atom. The molecule has 0 radical (unpaired) electrons. The summed E-state index contributed by atoms with van der Waals surface area (Å²) >= 11 is 9.37. The van der Waals surface area contributed by atoms with Gasteiger partial charge in [-0.05, 0) is 41.2 Å². The molecule has 1 atom stereocenters. The average Bonchev–Trinajstić information content (AvgIpc) is 2.38. The first-order valence-corrected chi connectivity index (χ1v) is 7.86. The Kier molecular flexibility index (Phi) is 5.25. The zero-order valence-corrected chi connectivity index (χ0v) is 13.9. The third-order valence-corrected chi connectivity index (χ3v) is 4.12. The Hall–Kier alpha value is -0.830. The van der Waals surface area contributed by atoms with Crippen molar-refractivity contribution in [2.24, 2.45) is 5.92 Å². The summed E-state index contributed by atoms with van der Waals surface area (Å²) in [7, 11) is 0. The van der Waals surface area contributed by atoms with Crippen molar-refractivity contribution in [2.45, 2.75) is 26.4 Å². The number of aliphatic hydroxyl groups excluding tert-OH is 1. The Morgan fingerprint density at radius 3 is 2.30 bits per heavy atom. The number of hydrogen-bond donors (Lipinski definition) is 1. The number of halogens is 2. The molecule has 0 fully saturated rings. The molecule has 0 spiro atoms. The Balaban J connectivity index is 2.22. The van der Waals surface area contributed by atoms with Gasteiger partial charge in [-0.15, -0.1) is 0 Å². The van der Waals surface area contributed by atoms with Crippen LogP contribution in [-0.4, -0.2) is 5.11 Å². The van der Waals surface area contributed by atoms with Gasteiger partial charge >= 0.3 is 0 Å². The van der Waals surface area contributed by atoms with Crippen molar-refractivity contribution in [3.05, 3.63) is 68.7 Å². The van der Waals surface area contributed by atoms with Crippen molar-refractivity contribution < 1.29 is 5.11 Å². The van der Waals surface area contributed by atoms with Gasteiger partial charge < -0.3 is 5.11 Å². The number of benzene rings is 2. The van der Waals surface area contributed by atoms with E-state index in [4.69, 9.17) is 11.6 Å². The minimum Gasteiger partial charge on any atom is -0.384 e. The monoisotopic (exact) mass is 352 g/mol. The van der Waals surface area contributed by atoms with Gasteiger partial charge in [0.2, 0.25) is 0 Å². The van der Waals surface area contributed by atoms with Crippen LogP contribution in [0.3, 0.4) is 0 Å². The molecule has 2 aromatic rings. The summed E-state index contributed by atoms with van der Waals surface area (Å²) in [5.41, 5.74) is 3.01. The molecule has 0 bridgehead atoms. The van der Waals surface area contributed by atoms with E-state index in [1.165, 1.54) is 5.56 Å². The first-order chi connectivity index (χ1) is 9.47. The van der Waals surface area contributed by atoms with Crippen molar-refractivity contribution in [1.29, 1.82) is 0 Å². The molecule has 0 saturated carbocycles. The zero-order valence-electron chi connectivity index (χ0n) is 11.6. The molecule has 1 N–H and O–H groups in total. The van der Waals surface area contributed by atoms with E-state index in [1.54, 1.807) is 12.1 Å². The highest BCUT2D eigenvalue weighted by Gasteiger charge is 2.14. The van der Waals surface area contributed by atoms with Gasteiger partial charge in [0.25, 0.3) is 0 Å². The third-order valence-electron chi connectivity index (χ3n) is 3.20. The fourth-order valence-electron chi connectivity index (χ4n) is 2.21. The molecule has 0 amide bonds. The molecule has 0 aromatic heterocycles. The summed E-state index contributed by atoms with van der Waals surface area (Å²) in [4.78, 5) is 0. The average molecular weight is 354 g/mol. The second kappa shape index (κ2) is 6.75. The number of hydrogen-bond acceptors (Lipinski definition) is 1. The topological polar surface area (TPSA) is 20.2 Å². The lowest BCUT2D eigenvalue weighted by atomic mass is 9.97. The van der Waals surface area contributed by atoms with Crippen molar-refractivity contribution >= 4 is 27.5 Å². The van der Waals surface area contributed by atoms with Gasteiger partial charge in [-0.2, -0.15) is 0 Å². The summed E-state index contributed by atoms with van der Waals surface area (Å²) in [6.07, 6.45) is 0.413. The van der Waals surface area contributed by atoms with Crippen LogP contribution in [0.2, 0.25) is 5.02 Å². The predicted molar refractivity (Wildman–Crippen MR) is 88.2 cm³/mol. The van der Waals surface area contributed by atoms with E-state index in [9.17, 15) is 5.11 Å². The van der Waals surface area contributed by atoms with Crippen LogP contribution in [0.15, 0.2) is 46.9 Å². The van der Waals surface area contributed by atoms with Gasteiger partial charge in [0, 0.05) is 9.50 Å². The van der Waals surface area contributed by atoms with E-state index in [0.29, 0.717) is 10.9 Å². The van der Waals surface area contributed by atoms with Crippen molar-refractivity contribution in [3.8, 4) is 0 Å². The summed E-state index contributed by atoms with van der Waals surface area (Å²) in [6.45, 7) is 4.40. The van der Waals surface area contributed by atoms with Crippen LogP contribution in [0.1, 0.15) is 36.6 Å². The Labute approximate surface area is 133 Å². The number of rotatable bonds is 4. The fourth-order valence-corrected chi connectivity index (χ4v) is 3.11. The van der Waals surface area contributed by atoms with Gasteiger partial charge in [-0.25, -0.2) is 0 Å². The Bertz CT molecular complexity index is 578. The molecule has 1 unspecified atom stereocenters. The highest BCUT2D eigenvalue weighted by atomic mass is 79.9. The van der Waals surface area contributed by atoms with E-state index < -0.39 is 6.10 Å². The van der Waals surface area contributed by atoms with E-state index in [2.05, 4.69) is 41.9 Å². The molecule has 106 valence electrons. The van der Waals surface area contributed by atoms with Gasteiger partial charge in [-0.3, -0.25) is 0 Å². The van der Waals surface area contributed by atoms with E-state index in [1.807, 2.05) is 18.2 Å². The Morgan fingerprint density at radius 1 is 1.10 bits per heavy atom. The lowest BCUT2D eigenvalue weighted by Crippen LogP contribution is -2.01. The van der Waals surface area contributed by atoms with Crippen LogP contribution >= 0.6 is 27.5 Å². The molecule has 2 aromatic carbocycles. The fraction of sp³-hybridized carbons (Fsp3) is 0.294. The van der Waals surface area contributed by atoms with Gasteiger partial charge in [0.1, 0.15) is 6.10 Å². The molecule has 0 aliphatic carbocycles. The second-order valence-electron chi connectivity index (χ2n) is 5.41. The number of aliphatic hydroxyl groups is 1. The first kappa shape index (κ1) is 15.6. The van der Waals surface area contributed by atoms with Crippen molar-refractivity contribution in [2.75, 3.05) is 0 Å². The van der Waals surface area contributed by atoms with E-state index >= 15 is 0 Å². The molecule has 0 heterocycles. The van der Waals surface area contributed by atoms with Gasteiger partial charge in [0.05, 0.1) is 0 Å². The SMILES string of the molecule is CC(C)Cc1ccc(C(O)c2ccc(Cl)cc2Br)cc1. The lowest BCUT2D eigenvalue weighted by molar-refractivity contribution is 0.219. The minimum atomic E-state index is -0.644. The van der Waals surface area contributed by atoms with Crippen LogP contribution in [0.4, 0.5) is 0 Å². The summed E-state index contributed by atoms with van der Waals surface area (Å²) in [5, 5.41) is 11.1. The molecule has 0 aliphatic heterocycles. The van der Waals surface area contributed by atoms with E-state index in [-0.39, 0.29) is 0 Å². The van der Waals surface area contributed by atoms with E-state index in [0.717, 1.165) is 22.0 Å². The highest BCUT2D eigenvalue weighted by molar-refractivity contribution is 9.10. The van der Waals surface area contributed by atoms with Gasteiger partial charge in [-0.1, -0.05) is 71.7 Å². The van der Waals surface area contributed by atoms with Crippen molar-refractivity contribution in [3.63, 3.8) is 0 Å². The summed E-state index contributed by atoms with van der Waals surface area (Å²) < 4.78 is 0.823. The third kappa shape index (κ3) is 3.85. The summed E-state index contributed by atoms with van der Waals surface area (Å²) in [5.74, 6) is 0.635. The summed E-state index contributed by atoms with van der Waals surface area (Å²) in [6, 6.07) is 13.6. The molecular formula is C17H18BrClO.